The molecule has 0 aliphatic carbocycles. The molecule has 39 heavy (non-hydrogen) atoms. The Morgan fingerprint density at radius 3 is 1.67 bits per heavy atom. The van der Waals surface area contributed by atoms with Gasteiger partial charge in [0, 0.05) is 4.47 Å². The molecular weight excluding hydrogens is 571 g/mol. The van der Waals surface area contributed by atoms with Gasteiger partial charge in [-0.05, 0) is 87.9 Å². The standard InChI is InChI=1S/C33H35BrO4P/c1-25(31(35)23-33(2,3)32(36)38-24-37-27-21-19-26(34)20-22-27)39(28-13-7-4-8-14-28,29-15-9-5-10-16-29)30-17-11-6-12-18-30/h4-22,25,31,35H,23-24H2,1-3H3/q+1/t25-,31-/m0/s1. The van der Waals surface area contributed by atoms with Crippen molar-refractivity contribution < 1.29 is 19.4 Å². The predicted octanol–water partition coefficient (Wildman–Crippen LogP) is 6.49. The van der Waals surface area contributed by atoms with Gasteiger partial charge in [0.25, 0.3) is 0 Å². The topological polar surface area (TPSA) is 55.8 Å². The Kier molecular flexibility index (Phi) is 9.61. The zero-order valence-electron chi connectivity index (χ0n) is 22.5. The number of halogens is 1. The highest BCUT2D eigenvalue weighted by molar-refractivity contribution is 9.10. The molecule has 0 fully saturated rings. The number of benzene rings is 4. The van der Waals surface area contributed by atoms with Gasteiger partial charge in [0.05, 0.1) is 11.5 Å². The molecule has 2 atom stereocenters. The van der Waals surface area contributed by atoms with Crippen LogP contribution in [0.3, 0.4) is 0 Å². The second-order valence-electron chi connectivity index (χ2n) is 10.3. The first kappa shape index (κ1) is 29.0. The van der Waals surface area contributed by atoms with Crippen LogP contribution in [-0.2, 0) is 9.53 Å². The summed E-state index contributed by atoms with van der Waals surface area (Å²) in [5.74, 6) is 0.203. The molecule has 0 bridgehead atoms. The van der Waals surface area contributed by atoms with Gasteiger partial charge in [0.15, 0.2) is 0 Å². The third-order valence-corrected chi connectivity index (χ3v) is 12.6. The zero-order chi connectivity index (χ0) is 27.9. The van der Waals surface area contributed by atoms with Gasteiger partial charge >= 0.3 is 5.97 Å². The Balaban J connectivity index is 1.61. The quantitative estimate of drug-likeness (QED) is 0.121. The maximum atomic E-state index is 13.1. The summed E-state index contributed by atoms with van der Waals surface area (Å²) in [6.07, 6.45) is -0.520. The first-order chi connectivity index (χ1) is 18.7. The monoisotopic (exact) mass is 605 g/mol. The molecule has 0 saturated carbocycles. The highest BCUT2D eigenvalue weighted by atomic mass is 79.9. The molecule has 0 heterocycles. The summed E-state index contributed by atoms with van der Waals surface area (Å²) in [7, 11) is -2.31. The van der Waals surface area contributed by atoms with E-state index in [2.05, 4.69) is 95.7 Å². The van der Waals surface area contributed by atoms with Crippen LogP contribution in [0.15, 0.2) is 120 Å². The van der Waals surface area contributed by atoms with Gasteiger partial charge in [-0.15, -0.1) is 0 Å². The smallest absolute Gasteiger partial charge is 0.314 e. The summed E-state index contributed by atoms with van der Waals surface area (Å²) in [4.78, 5) is 13.1. The van der Waals surface area contributed by atoms with Crippen LogP contribution in [0.2, 0.25) is 0 Å². The first-order valence-electron chi connectivity index (χ1n) is 13.0. The van der Waals surface area contributed by atoms with Crippen LogP contribution in [-0.4, -0.2) is 29.6 Å². The molecule has 0 radical (unpaired) electrons. The predicted molar refractivity (Wildman–Crippen MR) is 165 cm³/mol. The largest absolute Gasteiger partial charge is 0.457 e. The number of hydrogen-bond acceptors (Lipinski definition) is 4. The summed E-state index contributed by atoms with van der Waals surface area (Å²) in [6, 6.07) is 38.7. The number of aliphatic hydroxyl groups is 1. The number of rotatable bonds is 11. The number of carbonyl (C=O) groups excluding carboxylic acids is 1. The molecule has 1 N–H and O–H groups in total. The minimum absolute atomic E-state index is 0.171. The van der Waals surface area contributed by atoms with Gasteiger partial charge in [0.1, 0.15) is 34.6 Å². The number of hydrogen-bond donors (Lipinski definition) is 1. The van der Waals surface area contributed by atoms with Crippen LogP contribution in [0.25, 0.3) is 0 Å². The molecule has 0 saturated heterocycles. The van der Waals surface area contributed by atoms with Crippen LogP contribution < -0.4 is 20.7 Å². The van der Waals surface area contributed by atoms with E-state index in [1.807, 2.05) is 44.2 Å². The number of esters is 1. The number of carbonyl (C=O) groups is 1. The fourth-order valence-corrected chi connectivity index (χ4v) is 10.2. The van der Waals surface area contributed by atoms with Crippen LogP contribution >= 0.6 is 23.2 Å². The highest BCUT2D eigenvalue weighted by Crippen LogP contribution is 2.61. The van der Waals surface area contributed by atoms with Crippen molar-refractivity contribution in [2.24, 2.45) is 5.41 Å². The Bertz CT molecular complexity index is 1230. The number of ether oxygens (including phenoxy) is 2. The van der Waals surface area contributed by atoms with Gasteiger partial charge in [-0.2, -0.15) is 0 Å². The number of aliphatic hydroxyl groups excluding tert-OH is 1. The summed E-state index contributed by atoms with van der Waals surface area (Å²) >= 11 is 3.39. The van der Waals surface area contributed by atoms with Crippen molar-refractivity contribution in [1.29, 1.82) is 0 Å². The summed E-state index contributed by atoms with van der Waals surface area (Å²) in [5.41, 5.74) is -1.09. The first-order valence-corrected chi connectivity index (χ1v) is 15.7. The third-order valence-electron chi connectivity index (χ3n) is 7.16. The van der Waals surface area contributed by atoms with Crippen molar-refractivity contribution >= 4 is 45.1 Å². The van der Waals surface area contributed by atoms with Crippen molar-refractivity contribution in [3.05, 3.63) is 120 Å². The Morgan fingerprint density at radius 1 is 0.795 bits per heavy atom. The fraction of sp³-hybridized carbons (Fsp3) is 0.242. The lowest BCUT2D eigenvalue weighted by Gasteiger charge is -2.37. The van der Waals surface area contributed by atoms with Crippen molar-refractivity contribution in [2.75, 3.05) is 6.79 Å². The summed E-state index contributed by atoms with van der Waals surface area (Å²) in [6.45, 7) is 5.56. The molecule has 0 aromatic heterocycles. The van der Waals surface area contributed by atoms with Gasteiger partial charge in [-0.25, -0.2) is 0 Å². The average molecular weight is 607 g/mol. The van der Waals surface area contributed by atoms with Gasteiger partial charge < -0.3 is 14.6 Å². The molecule has 4 nitrogen and oxygen atoms in total. The van der Waals surface area contributed by atoms with E-state index in [1.54, 1.807) is 12.1 Å². The van der Waals surface area contributed by atoms with Crippen LogP contribution in [0.5, 0.6) is 5.75 Å². The van der Waals surface area contributed by atoms with E-state index in [0.717, 1.165) is 4.47 Å². The molecule has 0 aliphatic heterocycles. The van der Waals surface area contributed by atoms with E-state index in [-0.39, 0.29) is 18.9 Å². The molecule has 4 aromatic carbocycles. The molecular formula is C33H35BrO4P+. The Hall–Kier alpha value is -2.98. The van der Waals surface area contributed by atoms with Crippen LogP contribution in [0.1, 0.15) is 27.2 Å². The Labute approximate surface area is 240 Å². The maximum absolute atomic E-state index is 13.1. The SMILES string of the molecule is C[C@@H]([C@@H](O)CC(C)(C)C(=O)OCOc1ccc(Br)cc1)[P+](c1ccccc1)(c1ccccc1)c1ccccc1. The maximum Gasteiger partial charge on any atom is 0.314 e. The van der Waals surface area contributed by atoms with Gasteiger partial charge in [0.2, 0.25) is 6.79 Å². The molecule has 0 unspecified atom stereocenters. The molecule has 4 rings (SSSR count). The van der Waals surface area contributed by atoms with Crippen molar-refractivity contribution in [1.82, 2.24) is 0 Å². The van der Waals surface area contributed by atoms with E-state index in [0.29, 0.717) is 5.75 Å². The van der Waals surface area contributed by atoms with Gasteiger partial charge in [-0.3, -0.25) is 4.79 Å². The van der Waals surface area contributed by atoms with Crippen molar-refractivity contribution in [3.63, 3.8) is 0 Å². The molecule has 0 aliphatic rings. The molecule has 6 heteroatoms. The van der Waals surface area contributed by atoms with E-state index in [1.165, 1.54) is 15.9 Å². The molecule has 0 spiro atoms. The van der Waals surface area contributed by atoms with Gasteiger partial charge in [-0.1, -0.05) is 70.5 Å². The lowest BCUT2D eigenvalue weighted by molar-refractivity contribution is -0.162. The summed E-state index contributed by atoms with van der Waals surface area (Å²) in [5, 5.41) is 15.4. The summed E-state index contributed by atoms with van der Waals surface area (Å²) < 4.78 is 12.0. The second kappa shape index (κ2) is 12.9. The lowest BCUT2D eigenvalue weighted by atomic mass is 9.86. The second-order valence-corrected chi connectivity index (χ2v) is 15.0. The van der Waals surface area contributed by atoms with Crippen LogP contribution in [0, 0.1) is 5.41 Å². The Morgan fingerprint density at radius 2 is 1.23 bits per heavy atom. The molecule has 202 valence electrons. The normalized spacial score (nSPS) is 13.4. The molecule has 4 aromatic rings. The lowest BCUT2D eigenvalue weighted by Crippen LogP contribution is -2.44. The molecule has 0 amide bonds. The fourth-order valence-electron chi connectivity index (χ4n) is 5.05. The average Bonchev–Trinajstić information content (AvgIpc) is 2.96. The van der Waals surface area contributed by atoms with Crippen LogP contribution in [0.4, 0.5) is 0 Å². The minimum atomic E-state index is -2.31. The zero-order valence-corrected chi connectivity index (χ0v) is 25.0. The van der Waals surface area contributed by atoms with Crippen molar-refractivity contribution in [3.8, 4) is 5.75 Å². The van der Waals surface area contributed by atoms with Crippen molar-refractivity contribution in [2.45, 2.75) is 39.0 Å². The minimum Gasteiger partial charge on any atom is -0.457 e. The van der Waals surface area contributed by atoms with E-state index >= 15 is 0 Å². The highest BCUT2D eigenvalue weighted by Gasteiger charge is 2.53. The van der Waals surface area contributed by atoms with E-state index < -0.39 is 24.8 Å². The van der Waals surface area contributed by atoms with E-state index in [4.69, 9.17) is 9.47 Å². The third kappa shape index (κ3) is 6.61. The van der Waals surface area contributed by atoms with E-state index in [9.17, 15) is 9.90 Å².